The van der Waals surface area contributed by atoms with E-state index in [-0.39, 0.29) is 10.6 Å². The maximum atomic E-state index is 10.6. The number of non-ortho nitro benzene ring substituents is 1. The molecule has 4 nitrogen and oxygen atoms in total. The zero-order valence-corrected chi connectivity index (χ0v) is 8.83. The van der Waals surface area contributed by atoms with Crippen molar-refractivity contribution in [1.29, 1.82) is 0 Å². The van der Waals surface area contributed by atoms with E-state index in [4.69, 9.17) is 17.3 Å². The summed E-state index contributed by atoms with van der Waals surface area (Å²) in [6.45, 7) is 0. The van der Waals surface area contributed by atoms with Gasteiger partial charge in [0, 0.05) is 22.7 Å². The van der Waals surface area contributed by atoms with Gasteiger partial charge in [0.25, 0.3) is 5.69 Å². The number of nitro benzene ring substituents is 1. The van der Waals surface area contributed by atoms with Crippen LogP contribution in [-0.4, -0.2) is 9.80 Å². The van der Waals surface area contributed by atoms with E-state index in [1.165, 1.54) is 12.1 Å². The topological polar surface area (TPSA) is 69.2 Å². The molecular weight excluding hydrogens is 216 g/mol. The number of hydrogen-bond acceptors (Lipinski definition) is 3. The second kappa shape index (κ2) is 3.38. The van der Waals surface area contributed by atoms with Crippen LogP contribution in [0.15, 0.2) is 18.2 Å². The van der Waals surface area contributed by atoms with Gasteiger partial charge in [0.15, 0.2) is 0 Å². The average molecular weight is 227 g/mol. The van der Waals surface area contributed by atoms with Crippen LogP contribution >= 0.6 is 11.6 Å². The molecule has 1 aromatic carbocycles. The Labute approximate surface area is 92.2 Å². The van der Waals surface area contributed by atoms with Crippen molar-refractivity contribution in [1.82, 2.24) is 0 Å². The smallest absolute Gasteiger partial charge is 0.269 e. The Balaban J connectivity index is 2.28. The fraction of sp³-hybridized carbons (Fsp3) is 0.400. The maximum absolute atomic E-state index is 10.6. The van der Waals surface area contributed by atoms with Crippen LogP contribution in [0.3, 0.4) is 0 Å². The summed E-state index contributed by atoms with van der Waals surface area (Å²) in [6, 6.07) is 4.49. The highest BCUT2D eigenvalue weighted by atomic mass is 35.5. The molecule has 1 aliphatic carbocycles. The lowest BCUT2D eigenvalue weighted by molar-refractivity contribution is -0.384. The lowest BCUT2D eigenvalue weighted by Gasteiger charge is -2.08. The summed E-state index contributed by atoms with van der Waals surface area (Å²) < 4.78 is 0. The Hall–Kier alpha value is -1.29. The van der Waals surface area contributed by atoms with Gasteiger partial charge in [-0.2, -0.15) is 0 Å². The molecular formula is C10H11ClN2O2. The van der Waals surface area contributed by atoms with E-state index in [9.17, 15) is 10.1 Å². The molecule has 1 fully saturated rings. The van der Waals surface area contributed by atoms with Crippen LogP contribution in [0.4, 0.5) is 11.4 Å². The fourth-order valence-electron chi connectivity index (χ4n) is 1.51. The standard InChI is InChI=1S/C10H11ClN2O2/c11-10(3-4-10)6-7-5-8(13(14)15)1-2-9(7)12/h1-2,5H,3-4,6,12H2. The van der Waals surface area contributed by atoms with Crippen molar-refractivity contribution in [3.8, 4) is 0 Å². The fourth-order valence-corrected chi connectivity index (χ4v) is 1.75. The zero-order chi connectivity index (χ0) is 11.1. The summed E-state index contributed by atoms with van der Waals surface area (Å²) >= 11 is 6.16. The summed E-state index contributed by atoms with van der Waals surface area (Å²) in [5, 5.41) is 10.6. The van der Waals surface area contributed by atoms with Gasteiger partial charge in [-0.15, -0.1) is 11.6 Å². The minimum Gasteiger partial charge on any atom is -0.398 e. The third-order valence-electron chi connectivity index (χ3n) is 2.64. The number of nitrogen functional groups attached to an aromatic ring is 1. The molecule has 0 spiro atoms. The van der Waals surface area contributed by atoms with Gasteiger partial charge in [0.1, 0.15) is 0 Å². The zero-order valence-electron chi connectivity index (χ0n) is 8.07. The number of anilines is 1. The minimum atomic E-state index is -0.420. The first kappa shape index (κ1) is 10.2. The van der Waals surface area contributed by atoms with Gasteiger partial charge in [0.05, 0.1) is 4.92 Å². The SMILES string of the molecule is Nc1ccc([N+](=O)[O-])cc1CC1(Cl)CC1. The number of rotatable bonds is 3. The van der Waals surface area contributed by atoms with Crippen molar-refractivity contribution < 1.29 is 4.92 Å². The van der Waals surface area contributed by atoms with Crippen LogP contribution in [0.25, 0.3) is 0 Å². The minimum absolute atomic E-state index is 0.0696. The van der Waals surface area contributed by atoms with Crippen molar-refractivity contribution in [2.45, 2.75) is 24.1 Å². The number of halogens is 1. The van der Waals surface area contributed by atoms with Crippen LogP contribution in [0.1, 0.15) is 18.4 Å². The van der Waals surface area contributed by atoms with Gasteiger partial charge in [-0.05, 0) is 30.9 Å². The number of nitro groups is 1. The molecule has 2 rings (SSSR count). The number of nitrogens with two attached hydrogens (primary N) is 1. The van der Waals surface area contributed by atoms with E-state index in [1.54, 1.807) is 6.07 Å². The van der Waals surface area contributed by atoms with E-state index < -0.39 is 4.92 Å². The van der Waals surface area contributed by atoms with Gasteiger partial charge in [-0.3, -0.25) is 10.1 Å². The highest BCUT2D eigenvalue weighted by molar-refractivity contribution is 6.26. The molecule has 1 saturated carbocycles. The van der Waals surface area contributed by atoms with Gasteiger partial charge in [-0.1, -0.05) is 0 Å². The maximum Gasteiger partial charge on any atom is 0.269 e. The van der Waals surface area contributed by atoms with Gasteiger partial charge in [-0.25, -0.2) is 0 Å². The first-order valence-electron chi connectivity index (χ1n) is 4.72. The first-order chi connectivity index (χ1) is 7.00. The van der Waals surface area contributed by atoms with E-state index in [0.29, 0.717) is 12.1 Å². The molecule has 2 N–H and O–H groups in total. The van der Waals surface area contributed by atoms with Gasteiger partial charge >= 0.3 is 0 Å². The van der Waals surface area contributed by atoms with Crippen molar-refractivity contribution in [3.63, 3.8) is 0 Å². The Morgan fingerprint density at radius 2 is 2.20 bits per heavy atom. The third-order valence-corrected chi connectivity index (χ3v) is 3.15. The highest BCUT2D eigenvalue weighted by Crippen LogP contribution is 2.46. The van der Waals surface area contributed by atoms with E-state index >= 15 is 0 Å². The summed E-state index contributed by atoms with van der Waals surface area (Å²) in [4.78, 5) is 9.95. The lowest BCUT2D eigenvalue weighted by Crippen LogP contribution is -2.06. The number of hydrogen-bond donors (Lipinski definition) is 1. The Morgan fingerprint density at radius 3 is 2.73 bits per heavy atom. The van der Waals surface area contributed by atoms with Crippen molar-refractivity contribution >= 4 is 23.0 Å². The van der Waals surface area contributed by atoms with Crippen LogP contribution in [-0.2, 0) is 6.42 Å². The predicted molar refractivity (Wildman–Crippen MR) is 59.0 cm³/mol. The molecule has 80 valence electrons. The van der Waals surface area contributed by atoms with Gasteiger partial charge < -0.3 is 5.73 Å². The second-order valence-electron chi connectivity index (χ2n) is 3.97. The van der Waals surface area contributed by atoms with Crippen LogP contribution in [0.5, 0.6) is 0 Å². The molecule has 0 heterocycles. The predicted octanol–water partition coefficient (Wildman–Crippen LogP) is 2.49. The van der Waals surface area contributed by atoms with Crippen molar-refractivity contribution in [2.75, 3.05) is 5.73 Å². The van der Waals surface area contributed by atoms with Crippen molar-refractivity contribution in [3.05, 3.63) is 33.9 Å². The molecule has 0 bridgehead atoms. The molecule has 1 aromatic rings. The lowest BCUT2D eigenvalue weighted by atomic mass is 10.1. The first-order valence-corrected chi connectivity index (χ1v) is 5.10. The van der Waals surface area contributed by atoms with E-state index in [1.807, 2.05) is 0 Å². The average Bonchev–Trinajstić information content (AvgIpc) is 2.87. The molecule has 0 amide bonds. The summed E-state index contributed by atoms with van der Waals surface area (Å²) in [5.41, 5.74) is 7.16. The normalized spacial score (nSPS) is 17.4. The van der Waals surface area contributed by atoms with Crippen LogP contribution < -0.4 is 5.73 Å². The van der Waals surface area contributed by atoms with Crippen LogP contribution in [0.2, 0.25) is 0 Å². The van der Waals surface area contributed by atoms with Gasteiger partial charge in [0.2, 0.25) is 0 Å². The number of nitrogens with zero attached hydrogens (tertiary/aromatic N) is 1. The van der Waals surface area contributed by atoms with E-state index in [0.717, 1.165) is 18.4 Å². The van der Waals surface area contributed by atoms with Crippen molar-refractivity contribution in [2.24, 2.45) is 0 Å². The monoisotopic (exact) mass is 226 g/mol. The molecule has 15 heavy (non-hydrogen) atoms. The molecule has 0 saturated heterocycles. The third kappa shape index (κ3) is 2.21. The molecule has 1 aliphatic rings. The number of benzene rings is 1. The highest BCUT2D eigenvalue weighted by Gasteiger charge is 2.40. The molecule has 0 unspecified atom stereocenters. The molecule has 0 atom stereocenters. The summed E-state index contributed by atoms with van der Waals surface area (Å²) in [5.74, 6) is 0. The second-order valence-corrected chi connectivity index (χ2v) is 4.77. The van der Waals surface area contributed by atoms with Crippen LogP contribution in [0, 0.1) is 10.1 Å². The largest absolute Gasteiger partial charge is 0.398 e. The molecule has 5 heteroatoms. The van der Waals surface area contributed by atoms with E-state index in [2.05, 4.69) is 0 Å². The Kier molecular flexibility index (Phi) is 2.31. The Morgan fingerprint density at radius 1 is 1.53 bits per heavy atom. The molecule has 0 aromatic heterocycles. The summed E-state index contributed by atoms with van der Waals surface area (Å²) in [6.07, 6.45) is 2.52. The number of alkyl halides is 1. The molecule has 0 radical (unpaired) electrons. The molecule has 0 aliphatic heterocycles. The Bertz CT molecular complexity index is 416. The quantitative estimate of drug-likeness (QED) is 0.373. The summed E-state index contributed by atoms with van der Waals surface area (Å²) in [7, 11) is 0.